The van der Waals surface area contributed by atoms with Crippen LogP contribution in [0.4, 0.5) is 0 Å². The van der Waals surface area contributed by atoms with Crippen molar-refractivity contribution >= 4 is 5.97 Å². The van der Waals surface area contributed by atoms with E-state index in [0.29, 0.717) is 0 Å². The minimum atomic E-state index is -0.922. The molecule has 0 heterocycles. The first-order valence-corrected chi connectivity index (χ1v) is 4.12. The van der Waals surface area contributed by atoms with Crippen molar-refractivity contribution in [1.29, 1.82) is 0 Å². The molecule has 0 aromatic rings. The smallest absolute Gasteiger partial charge is 0.325 e. The molecule has 0 atom stereocenters. The Morgan fingerprint density at radius 1 is 1.62 bits per heavy atom. The van der Waals surface area contributed by atoms with Crippen molar-refractivity contribution in [2.75, 3.05) is 6.61 Å². The largest absolute Gasteiger partial charge is 0.460 e. The molecular formula is C10H17NO2. The lowest BCUT2D eigenvalue weighted by Gasteiger charge is -2.16. The van der Waals surface area contributed by atoms with Gasteiger partial charge in [-0.2, -0.15) is 0 Å². The summed E-state index contributed by atoms with van der Waals surface area (Å²) in [7, 11) is 0. The molecule has 0 rings (SSSR count). The molecule has 0 saturated carbocycles. The fourth-order valence-corrected chi connectivity index (χ4v) is 0.615. The molecule has 0 spiro atoms. The number of rotatable bonds is 4. The first-order chi connectivity index (χ1) is 5.88. The number of nitrogens with two attached hydrogens (primary N) is 1. The van der Waals surface area contributed by atoms with Gasteiger partial charge in [0.2, 0.25) is 0 Å². The predicted octanol–water partition coefficient (Wildman–Crippen LogP) is 1.40. The van der Waals surface area contributed by atoms with Crippen LogP contribution in [0.3, 0.4) is 0 Å². The molecule has 0 aliphatic carbocycles. The molecule has 0 unspecified atom stereocenters. The number of allylic oxidation sites excluding steroid dienone is 2. The summed E-state index contributed by atoms with van der Waals surface area (Å²) in [5.41, 5.74) is 5.54. The molecule has 0 bridgehead atoms. The quantitative estimate of drug-likeness (QED) is 0.529. The van der Waals surface area contributed by atoms with Crippen LogP contribution in [-0.2, 0) is 9.53 Å². The molecule has 74 valence electrons. The van der Waals surface area contributed by atoms with Gasteiger partial charge in [0.25, 0.3) is 0 Å². The Hall–Kier alpha value is -1.09. The maximum absolute atomic E-state index is 11.2. The molecule has 0 aromatic heterocycles. The number of ether oxygens (including phenoxy) is 1. The van der Waals surface area contributed by atoms with Gasteiger partial charge in [0, 0.05) is 0 Å². The van der Waals surface area contributed by atoms with Gasteiger partial charge in [-0.25, -0.2) is 0 Å². The Kier molecular flexibility index (Phi) is 4.42. The van der Waals surface area contributed by atoms with Gasteiger partial charge >= 0.3 is 5.97 Å². The van der Waals surface area contributed by atoms with E-state index in [1.165, 1.54) is 0 Å². The molecule has 0 fully saturated rings. The standard InChI is InChI=1S/C10H17NO2/c1-5-6-8(2)7-13-9(12)10(3,4)11/h5-6H,1,7,11H2,2-4H3/b8-6+. The minimum absolute atomic E-state index is 0.269. The zero-order valence-electron chi connectivity index (χ0n) is 8.46. The van der Waals surface area contributed by atoms with Crippen LogP contribution in [0.15, 0.2) is 24.3 Å². The third-order valence-corrected chi connectivity index (χ3v) is 1.36. The Labute approximate surface area is 79.3 Å². The number of hydrogen-bond acceptors (Lipinski definition) is 3. The summed E-state index contributed by atoms with van der Waals surface area (Å²) in [4.78, 5) is 11.2. The second-order valence-electron chi connectivity index (χ2n) is 3.55. The van der Waals surface area contributed by atoms with Crippen LogP contribution in [0.1, 0.15) is 20.8 Å². The summed E-state index contributed by atoms with van der Waals surface area (Å²) < 4.78 is 4.94. The highest BCUT2D eigenvalue weighted by atomic mass is 16.5. The molecular weight excluding hydrogens is 166 g/mol. The number of esters is 1. The van der Waals surface area contributed by atoms with Crippen molar-refractivity contribution in [1.82, 2.24) is 0 Å². The first-order valence-electron chi connectivity index (χ1n) is 4.12. The zero-order chi connectivity index (χ0) is 10.5. The van der Waals surface area contributed by atoms with Gasteiger partial charge in [-0.15, -0.1) is 0 Å². The average Bonchev–Trinajstić information content (AvgIpc) is 1.99. The van der Waals surface area contributed by atoms with Crippen molar-refractivity contribution in [3.8, 4) is 0 Å². The highest BCUT2D eigenvalue weighted by molar-refractivity contribution is 5.79. The van der Waals surface area contributed by atoms with Crippen LogP contribution < -0.4 is 5.73 Å². The lowest BCUT2D eigenvalue weighted by atomic mass is 10.1. The fraction of sp³-hybridized carbons (Fsp3) is 0.500. The molecule has 0 saturated heterocycles. The summed E-state index contributed by atoms with van der Waals surface area (Å²) in [5, 5.41) is 0. The Bertz CT molecular complexity index is 224. The van der Waals surface area contributed by atoms with Crippen LogP contribution in [0.2, 0.25) is 0 Å². The maximum Gasteiger partial charge on any atom is 0.325 e. The van der Waals surface area contributed by atoms with E-state index in [2.05, 4.69) is 6.58 Å². The molecule has 3 heteroatoms. The predicted molar refractivity (Wildman–Crippen MR) is 53.2 cm³/mol. The normalized spacial score (nSPS) is 12.5. The van der Waals surface area contributed by atoms with E-state index in [1.807, 2.05) is 6.92 Å². The highest BCUT2D eigenvalue weighted by Gasteiger charge is 2.23. The molecule has 13 heavy (non-hydrogen) atoms. The van der Waals surface area contributed by atoms with Gasteiger partial charge < -0.3 is 10.5 Å². The van der Waals surface area contributed by atoms with Gasteiger partial charge in [-0.3, -0.25) is 4.79 Å². The zero-order valence-corrected chi connectivity index (χ0v) is 8.46. The van der Waals surface area contributed by atoms with Gasteiger partial charge in [0.15, 0.2) is 0 Å². The number of carbonyl (C=O) groups excluding carboxylic acids is 1. The van der Waals surface area contributed by atoms with E-state index in [4.69, 9.17) is 10.5 Å². The van der Waals surface area contributed by atoms with Crippen molar-refractivity contribution < 1.29 is 9.53 Å². The first kappa shape index (κ1) is 11.9. The van der Waals surface area contributed by atoms with Crippen molar-refractivity contribution in [3.63, 3.8) is 0 Å². The van der Waals surface area contributed by atoms with E-state index < -0.39 is 11.5 Å². The van der Waals surface area contributed by atoms with Crippen molar-refractivity contribution in [2.45, 2.75) is 26.3 Å². The fourth-order valence-electron chi connectivity index (χ4n) is 0.615. The summed E-state index contributed by atoms with van der Waals surface area (Å²) in [6.07, 6.45) is 3.44. The van der Waals surface area contributed by atoms with Crippen molar-refractivity contribution in [2.24, 2.45) is 5.73 Å². The van der Waals surface area contributed by atoms with Crippen LogP contribution >= 0.6 is 0 Å². The van der Waals surface area contributed by atoms with Gasteiger partial charge in [0.05, 0.1) is 0 Å². The Morgan fingerprint density at radius 2 is 2.15 bits per heavy atom. The average molecular weight is 183 g/mol. The summed E-state index contributed by atoms with van der Waals surface area (Å²) in [5.74, 6) is -0.399. The van der Waals surface area contributed by atoms with Crippen molar-refractivity contribution in [3.05, 3.63) is 24.3 Å². The van der Waals surface area contributed by atoms with E-state index in [9.17, 15) is 4.79 Å². The number of hydrogen-bond donors (Lipinski definition) is 1. The third kappa shape index (κ3) is 5.20. The second-order valence-corrected chi connectivity index (χ2v) is 3.55. The molecule has 0 aliphatic heterocycles. The molecule has 0 radical (unpaired) electrons. The highest BCUT2D eigenvalue weighted by Crippen LogP contribution is 2.02. The Balaban J connectivity index is 3.98. The lowest BCUT2D eigenvalue weighted by molar-refractivity contribution is -0.147. The summed E-state index contributed by atoms with van der Waals surface area (Å²) >= 11 is 0. The lowest BCUT2D eigenvalue weighted by Crippen LogP contribution is -2.43. The van der Waals surface area contributed by atoms with Crippen LogP contribution in [0, 0.1) is 0 Å². The number of carbonyl (C=O) groups is 1. The molecule has 2 N–H and O–H groups in total. The summed E-state index contributed by atoms with van der Waals surface area (Å²) in [6.45, 7) is 8.89. The topological polar surface area (TPSA) is 52.3 Å². The second kappa shape index (κ2) is 4.82. The summed E-state index contributed by atoms with van der Waals surface area (Å²) in [6, 6.07) is 0. The third-order valence-electron chi connectivity index (χ3n) is 1.36. The Morgan fingerprint density at radius 3 is 2.54 bits per heavy atom. The van der Waals surface area contributed by atoms with Gasteiger partial charge in [-0.05, 0) is 26.3 Å². The molecule has 0 aliphatic rings. The van der Waals surface area contributed by atoms with Gasteiger partial charge in [0.1, 0.15) is 12.1 Å². The molecule has 0 aromatic carbocycles. The monoisotopic (exact) mass is 183 g/mol. The van der Waals surface area contributed by atoms with E-state index >= 15 is 0 Å². The van der Waals surface area contributed by atoms with Crippen LogP contribution in [0.5, 0.6) is 0 Å². The van der Waals surface area contributed by atoms with E-state index in [0.717, 1.165) is 5.57 Å². The minimum Gasteiger partial charge on any atom is -0.460 e. The molecule has 0 amide bonds. The maximum atomic E-state index is 11.2. The SMILES string of the molecule is C=C/C=C(\C)COC(=O)C(C)(C)N. The van der Waals surface area contributed by atoms with Crippen LogP contribution in [-0.4, -0.2) is 18.1 Å². The van der Waals surface area contributed by atoms with Gasteiger partial charge in [-0.1, -0.05) is 18.7 Å². The van der Waals surface area contributed by atoms with E-state index in [-0.39, 0.29) is 6.61 Å². The molecule has 3 nitrogen and oxygen atoms in total. The van der Waals surface area contributed by atoms with E-state index in [1.54, 1.807) is 26.0 Å². The van der Waals surface area contributed by atoms with Crippen LogP contribution in [0.25, 0.3) is 0 Å².